The summed E-state index contributed by atoms with van der Waals surface area (Å²) in [7, 11) is 0. The molecule has 0 N–H and O–H groups in total. The van der Waals surface area contributed by atoms with Crippen molar-refractivity contribution < 1.29 is 9.53 Å². The molecule has 1 saturated heterocycles. The molecule has 1 aromatic rings. The van der Waals surface area contributed by atoms with Gasteiger partial charge in [-0.1, -0.05) is 15.9 Å². The Bertz CT molecular complexity index is 539. The zero-order valence-corrected chi connectivity index (χ0v) is 13.0. The highest BCUT2D eigenvalue weighted by Gasteiger charge is 2.27. The Kier molecular flexibility index (Phi) is 5.02. The third-order valence-electron chi connectivity index (χ3n) is 3.46. The fourth-order valence-corrected chi connectivity index (χ4v) is 2.88. The second kappa shape index (κ2) is 6.76. The fraction of sp³-hybridized carbons (Fsp3) is 0.467. The molecule has 0 bridgehead atoms. The van der Waals surface area contributed by atoms with Crippen molar-refractivity contribution in [1.29, 1.82) is 5.26 Å². The van der Waals surface area contributed by atoms with Crippen LogP contribution in [-0.2, 0) is 9.53 Å². The van der Waals surface area contributed by atoms with Crippen LogP contribution in [-0.4, -0.2) is 25.7 Å². The third kappa shape index (κ3) is 3.31. The molecule has 1 fully saturated rings. The molecule has 4 nitrogen and oxygen atoms in total. The zero-order chi connectivity index (χ0) is 14.5. The molecule has 1 atom stereocenters. The summed E-state index contributed by atoms with van der Waals surface area (Å²) in [6.45, 7) is 3.72. The van der Waals surface area contributed by atoms with Crippen molar-refractivity contribution >= 4 is 27.6 Å². The van der Waals surface area contributed by atoms with Crippen molar-refractivity contribution in [2.45, 2.75) is 19.8 Å². The van der Waals surface area contributed by atoms with Gasteiger partial charge in [0, 0.05) is 17.6 Å². The van der Waals surface area contributed by atoms with E-state index in [9.17, 15) is 10.1 Å². The topological polar surface area (TPSA) is 53.3 Å². The van der Waals surface area contributed by atoms with Gasteiger partial charge in [0.1, 0.15) is 6.07 Å². The average molecular weight is 337 g/mol. The Morgan fingerprint density at radius 3 is 3.10 bits per heavy atom. The molecule has 2 rings (SSSR count). The van der Waals surface area contributed by atoms with Crippen molar-refractivity contribution in [3.8, 4) is 6.07 Å². The Morgan fingerprint density at radius 1 is 1.60 bits per heavy atom. The van der Waals surface area contributed by atoms with Gasteiger partial charge in [-0.2, -0.15) is 5.26 Å². The quantitative estimate of drug-likeness (QED) is 0.796. The normalized spacial score (nSPS) is 18.4. The van der Waals surface area contributed by atoms with E-state index in [0.717, 1.165) is 29.5 Å². The Morgan fingerprint density at radius 2 is 2.40 bits per heavy atom. The molecule has 1 heterocycles. The summed E-state index contributed by atoms with van der Waals surface area (Å²) in [4.78, 5) is 14.0. The summed E-state index contributed by atoms with van der Waals surface area (Å²) >= 11 is 3.37. The first-order valence-corrected chi connectivity index (χ1v) is 7.56. The lowest BCUT2D eigenvalue weighted by molar-refractivity contribution is -0.148. The molecular formula is C15H17BrN2O2. The fourth-order valence-electron chi connectivity index (χ4n) is 2.52. The maximum absolute atomic E-state index is 11.9. The van der Waals surface area contributed by atoms with Gasteiger partial charge >= 0.3 is 5.97 Å². The van der Waals surface area contributed by atoms with Crippen LogP contribution in [0.5, 0.6) is 0 Å². The second-order valence-electron chi connectivity index (χ2n) is 4.81. The molecule has 1 unspecified atom stereocenters. The SMILES string of the molecule is CCOC(=O)C1CCCN(c2ccc(Br)cc2C#N)C1. The second-order valence-corrected chi connectivity index (χ2v) is 5.73. The lowest BCUT2D eigenvalue weighted by atomic mass is 9.97. The molecule has 1 aliphatic rings. The molecule has 0 aliphatic carbocycles. The van der Waals surface area contributed by atoms with Gasteiger partial charge < -0.3 is 9.64 Å². The van der Waals surface area contributed by atoms with Crippen molar-refractivity contribution in [2.24, 2.45) is 5.92 Å². The maximum Gasteiger partial charge on any atom is 0.310 e. The molecule has 20 heavy (non-hydrogen) atoms. The van der Waals surface area contributed by atoms with Crippen LogP contribution in [0.25, 0.3) is 0 Å². The Labute approximate surface area is 127 Å². The van der Waals surface area contributed by atoms with E-state index < -0.39 is 0 Å². The number of hydrogen-bond acceptors (Lipinski definition) is 4. The largest absolute Gasteiger partial charge is 0.466 e. The number of rotatable bonds is 3. The lowest BCUT2D eigenvalue weighted by Gasteiger charge is -2.33. The Balaban J connectivity index is 2.17. The molecular weight excluding hydrogens is 320 g/mol. The monoisotopic (exact) mass is 336 g/mol. The van der Waals surface area contributed by atoms with E-state index in [1.165, 1.54) is 0 Å². The van der Waals surface area contributed by atoms with E-state index >= 15 is 0 Å². The van der Waals surface area contributed by atoms with Gasteiger partial charge in [0.05, 0.1) is 23.8 Å². The number of carbonyl (C=O) groups is 1. The van der Waals surface area contributed by atoms with Gasteiger partial charge in [-0.15, -0.1) is 0 Å². The van der Waals surface area contributed by atoms with E-state index in [0.29, 0.717) is 18.7 Å². The van der Waals surface area contributed by atoms with E-state index in [2.05, 4.69) is 26.9 Å². The molecule has 5 heteroatoms. The third-order valence-corrected chi connectivity index (χ3v) is 3.95. The van der Waals surface area contributed by atoms with Gasteiger partial charge in [0.2, 0.25) is 0 Å². The van der Waals surface area contributed by atoms with E-state index in [1.807, 2.05) is 25.1 Å². The van der Waals surface area contributed by atoms with Crippen LogP contribution in [0, 0.1) is 17.2 Å². The number of ether oxygens (including phenoxy) is 1. The number of halogens is 1. The molecule has 0 radical (unpaired) electrons. The van der Waals surface area contributed by atoms with E-state index in [4.69, 9.17) is 4.74 Å². The number of benzene rings is 1. The highest BCUT2D eigenvalue weighted by molar-refractivity contribution is 9.10. The summed E-state index contributed by atoms with van der Waals surface area (Å²) in [6.07, 6.45) is 1.79. The van der Waals surface area contributed by atoms with Crippen molar-refractivity contribution in [3.63, 3.8) is 0 Å². The summed E-state index contributed by atoms with van der Waals surface area (Å²) in [5.41, 5.74) is 1.52. The number of anilines is 1. The molecule has 106 valence electrons. The smallest absolute Gasteiger partial charge is 0.310 e. The first kappa shape index (κ1) is 14.9. The van der Waals surface area contributed by atoms with Gasteiger partial charge in [-0.05, 0) is 38.0 Å². The van der Waals surface area contributed by atoms with Gasteiger partial charge in [-0.3, -0.25) is 4.79 Å². The molecule has 0 spiro atoms. The van der Waals surface area contributed by atoms with Crippen molar-refractivity contribution in [3.05, 3.63) is 28.2 Å². The molecule has 0 amide bonds. The lowest BCUT2D eigenvalue weighted by Crippen LogP contribution is -2.39. The minimum atomic E-state index is -0.132. The average Bonchev–Trinajstić information content (AvgIpc) is 2.47. The Hall–Kier alpha value is -1.54. The predicted molar refractivity (Wildman–Crippen MR) is 80.4 cm³/mol. The van der Waals surface area contributed by atoms with Crippen LogP contribution in [0.1, 0.15) is 25.3 Å². The summed E-state index contributed by atoms with van der Waals surface area (Å²) in [5.74, 6) is -0.230. The zero-order valence-electron chi connectivity index (χ0n) is 11.4. The number of hydrogen-bond donors (Lipinski definition) is 0. The van der Waals surface area contributed by atoms with Gasteiger partial charge in [-0.25, -0.2) is 0 Å². The number of piperidine rings is 1. The summed E-state index contributed by atoms with van der Waals surface area (Å²) in [5, 5.41) is 9.24. The number of esters is 1. The van der Waals surface area contributed by atoms with Gasteiger partial charge in [0.25, 0.3) is 0 Å². The summed E-state index contributed by atoms with van der Waals surface area (Å²) in [6, 6.07) is 7.87. The first-order valence-electron chi connectivity index (χ1n) is 6.77. The van der Waals surface area contributed by atoms with Crippen LogP contribution in [0.4, 0.5) is 5.69 Å². The standard InChI is InChI=1S/C15H17BrN2O2/c1-2-20-15(19)11-4-3-7-18(10-11)14-6-5-13(16)8-12(14)9-17/h5-6,8,11H,2-4,7,10H2,1H3. The predicted octanol–water partition coefficient (Wildman–Crippen LogP) is 3.10. The number of nitriles is 1. The summed E-state index contributed by atoms with van der Waals surface area (Å²) < 4.78 is 5.99. The first-order chi connectivity index (χ1) is 9.65. The molecule has 1 aliphatic heterocycles. The number of nitrogens with zero attached hydrogens (tertiary/aromatic N) is 2. The van der Waals surface area contributed by atoms with Crippen LogP contribution in [0.2, 0.25) is 0 Å². The maximum atomic E-state index is 11.9. The highest BCUT2D eigenvalue weighted by atomic mass is 79.9. The minimum absolute atomic E-state index is 0.0983. The highest BCUT2D eigenvalue weighted by Crippen LogP contribution is 2.28. The molecule has 1 aromatic carbocycles. The van der Waals surface area contributed by atoms with Crippen LogP contribution in [0.15, 0.2) is 22.7 Å². The van der Waals surface area contributed by atoms with E-state index in [1.54, 1.807) is 0 Å². The van der Waals surface area contributed by atoms with E-state index in [-0.39, 0.29) is 11.9 Å². The van der Waals surface area contributed by atoms with Crippen LogP contribution >= 0.6 is 15.9 Å². The molecule has 0 saturated carbocycles. The van der Waals surface area contributed by atoms with Gasteiger partial charge in [0.15, 0.2) is 0 Å². The molecule has 0 aromatic heterocycles. The van der Waals surface area contributed by atoms with Crippen LogP contribution in [0.3, 0.4) is 0 Å². The van der Waals surface area contributed by atoms with Crippen molar-refractivity contribution in [2.75, 3.05) is 24.6 Å². The van der Waals surface area contributed by atoms with Crippen molar-refractivity contribution in [1.82, 2.24) is 0 Å². The van der Waals surface area contributed by atoms with Crippen LogP contribution < -0.4 is 4.90 Å². The number of carbonyl (C=O) groups excluding carboxylic acids is 1. The minimum Gasteiger partial charge on any atom is -0.466 e.